The summed E-state index contributed by atoms with van der Waals surface area (Å²) in [6.45, 7) is 2.06. The first kappa shape index (κ1) is 19.4. The van der Waals surface area contributed by atoms with E-state index in [4.69, 9.17) is 21.4 Å². The Morgan fingerprint density at radius 1 is 1.37 bits per heavy atom. The van der Waals surface area contributed by atoms with Crippen LogP contribution >= 0.6 is 11.6 Å². The first-order valence-electron chi connectivity index (χ1n) is 8.87. The quantitative estimate of drug-likeness (QED) is 0.778. The van der Waals surface area contributed by atoms with Crippen molar-refractivity contribution in [1.29, 1.82) is 0 Å². The van der Waals surface area contributed by atoms with Crippen molar-refractivity contribution in [1.82, 2.24) is 14.9 Å². The molecular formula is C19H23ClN4O3. The summed E-state index contributed by atoms with van der Waals surface area (Å²) in [4.78, 5) is 23.7. The Labute approximate surface area is 163 Å². The van der Waals surface area contributed by atoms with E-state index >= 15 is 0 Å². The standard InChI is InChI=1S/C19H23ClN4O3/c1-23(12-19(25)26)16-5-7-24(8-6-16)17-10-21-11-18(22-17)27-13-14-3-2-4-15(20)9-14/h2-4,9-11,16H,5-8,12-13H2,1H3,(H,25,26). The molecule has 0 saturated carbocycles. The molecule has 1 saturated heterocycles. The average molecular weight is 391 g/mol. The molecule has 1 N–H and O–H groups in total. The van der Waals surface area contributed by atoms with Gasteiger partial charge < -0.3 is 14.7 Å². The minimum Gasteiger partial charge on any atom is -0.480 e. The predicted molar refractivity (Wildman–Crippen MR) is 103 cm³/mol. The van der Waals surface area contributed by atoms with Gasteiger partial charge in [0.15, 0.2) is 5.82 Å². The topological polar surface area (TPSA) is 78.8 Å². The van der Waals surface area contributed by atoms with E-state index in [-0.39, 0.29) is 12.6 Å². The van der Waals surface area contributed by atoms with Crippen LogP contribution in [-0.2, 0) is 11.4 Å². The van der Waals surface area contributed by atoms with E-state index in [1.807, 2.05) is 36.2 Å². The Morgan fingerprint density at radius 2 is 2.15 bits per heavy atom. The zero-order valence-corrected chi connectivity index (χ0v) is 16.0. The average Bonchev–Trinajstić information content (AvgIpc) is 2.66. The van der Waals surface area contributed by atoms with E-state index in [1.54, 1.807) is 12.4 Å². The second-order valence-corrected chi connectivity index (χ2v) is 7.10. The van der Waals surface area contributed by atoms with Crippen LogP contribution in [0.4, 0.5) is 5.82 Å². The van der Waals surface area contributed by atoms with Gasteiger partial charge in [-0.25, -0.2) is 0 Å². The Bertz CT molecular complexity index is 781. The summed E-state index contributed by atoms with van der Waals surface area (Å²) in [6, 6.07) is 7.78. The molecule has 0 atom stereocenters. The molecule has 0 aliphatic carbocycles. The predicted octanol–water partition coefficient (Wildman–Crippen LogP) is 2.69. The van der Waals surface area contributed by atoms with Crippen LogP contribution in [0.25, 0.3) is 0 Å². The van der Waals surface area contributed by atoms with Gasteiger partial charge in [-0.1, -0.05) is 23.7 Å². The zero-order chi connectivity index (χ0) is 19.2. The normalized spacial score (nSPS) is 15.1. The third kappa shape index (κ3) is 5.55. The summed E-state index contributed by atoms with van der Waals surface area (Å²) in [5.41, 5.74) is 0.969. The van der Waals surface area contributed by atoms with Gasteiger partial charge in [-0.05, 0) is 37.6 Å². The van der Waals surface area contributed by atoms with E-state index in [2.05, 4.69) is 14.9 Å². The molecule has 0 unspecified atom stereocenters. The number of likely N-dealkylation sites (N-methyl/N-ethyl adjacent to an activating group) is 1. The molecule has 1 fully saturated rings. The third-order valence-electron chi connectivity index (χ3n) is 4.67. The number of anilines is 1. The monoisotopic (exact) mass is 390 g/mol. The van der Waals surface area contributed by atoms with Gasteiger partial charge >= 0.3 is 5.97 Å². The molecule has 3 rings (SSSR count). The van der Waals surface area contributed by atoms with E-state index in [0.29, 0.717) is 17.5 Å². The van der Waals surface area contributed by atoms with Gasteiger partial charge in [-0.15, -0.1) is 0 Å². The molecular weight excluding hydrogens is 368 g/mol. The van der Waals surface area contributed by atoms with Gasteiger partial charge in [-0.3, -0.25) is 14.7 Å². The van der Waals surface area contributed by atoms with Crippen LogP contribution in [0.3, 0.4) is 0 Å². The number of piperidine rings is 1. The van der Waals surface area contributed by atoms with Crippen molar-refractivity contribution in [3.63, 3.8) is 0 Å². The van der Waals surface area contributed by atoms with Crippen molar-refractivity contribution in [2.45, 2.75) is 25.5 Å². The summed E-state index contributed by atoms with van der Waals surface area (Å²) >= 11 is 5.99. The van der Waals surface area contributed by atoms with Crippen molar-refractivity contribution >= 4 is 23.4 Å². The lowest BCUT2D eigenvalue weighted by Crippen LogP contribution is -2.45. The van der Waals surface area contributed by atoms with Crippen LogP contribution in [0.5, 0.6) is 5.88 Å². The fraction of sp³-hybridized carbons (Fsp3) is 0.421. The molecule has 27 heavy (non-hydrogen) atoms. The molecule has 1 aliphatic rings. The largest absolute Gasteiger partial charge is 0.480 e. The van der Waals surface area contributed by atoms with E-state index < -0.39 is 5.97 Å². The molecule has 7 nitrogen and oxygen atoms in total. The van der Waals surface area contributed by atoms with Gasteiger partial charge in [0.2, 0.25) is 5.88 Å². The number of aromatic nitrogens is 2. The maximum absolute atomic E-state index is 10.9. The first-order chi connectivity index (χ1) is 13.0. The minimum absolute atomic E-state index is 0.0668. The van der Waals surface area contributed by atoms with Crippen LogP contribution in [-0.4, -0.2) is 58.7 Å². The molecule has 2 heterocycles. The van der Waals surface area contributed by atoms with Crippen LogP contribution in [0.2, 0.25) is 5.02 Å². The summed E-state index contributed by atoms with van der Waals surface area (Å²) in [5.74, 6) is 0.450. The van der Waals surface area contributed by atoms with Crippen molar-refractivity contribution in [2.75, 3.05) is 31.6 Å². The number of carboxylic acid groups (broad SMARTS) is 1. The maximum atomic E-state index is 10.9. The van der Waals surface area contributed by atoms with Gasteiger partial charge in [0.25, 0.3) is 0 Å². The van der Waals surface area contributed by atoms with E-state index in [0.717, 1.165) is 37.3 Å². The lowest BCUT2D eigenvalue weighted by Gasteiger charge is -2.36. The molecule has 144 valence electrons. The van der Waals surface area contributed by atoms with Gasteiger partial charge in [-0.2, -0.15) is 4.98 Å². The molecule has 0 amide bonds. The number of ether oxygens (including phenoxy) is 1. The molecule has 0 bridgehead atoms. The molecule has 2 aromatic rings. The zero-order valence-electron chi connectivity index (χ0n) is 15.2. The number of carbonyl (C=O) groups is 1. The SMILES string of the molecule is CN(CC(=O)O)C1CCN(c2cncc(OCc3cccc(Cl)c3)n2)CC1. The second kappa shape index (κ2) is 9.01. The third-order valence-corrected chi connectivity index (χ3v) is 4.91. The fourth-order valence-electron chi connectivity index (χ4n) is 3.22. The lowest BCUT2D eigenvalue weighted by molar-refractivity contribution is -0.138. The number of hydrogen-bond acceptors (Lipinski definition) is 6. The molecule has 1 aliphatic heterocycles. The van der Waals surface area contributed by atoms with Gasteiger partial charge in [0.05, 0.1) is 18.9 Å². The Hall–Kier alpha value is -2.38. The lowest BCUT2D eigenvalue weighted by atomic mass is 10.0. The molecule has 0 spiro atoms. The number of carboxylic acids is 1. The minimum atomic E-state index is -0.796. The smallest absolute Gasteiger partial charge is 0.317 e. The van der Waals surface area contributed by atoms with Crippen molar-refractivity contribution < 1.29 is 14.6 Å². The van der Waals surface area contributed by atoms with Gasteiger partial charge in [0.1, 0.15) is 6.61 Å². The number of rotatable bonds is 7. The maximum Gasteiger partial charge on any atom is 0.317 e. The van der Waals surface area contributed by atoms with Crippen molar-refractivity contribution in [3.8, 4) is 5.88 Å². The molecule has 1 aromatic carbocycles. The van der Waals surface area contributed by atoms with Crippen LogP contribution in [0.1, 0.15) is 18.4 Å². The van der Waals surface area contributed by atoms with Crippen LogP contribution in [0.15, 0.2) is 36.7 Å². The first-order valence-corrected chi connectivity index (χ1v) is 9.25. The summed E-state index contributed by atoms with van der Waals surface area (Å²) in [6.07, 6.45) is 5.10. The number of aliphatic carboxylic acids is 1. The highest BCUT2D eigenvalue weighted by atomic mass is 35.5. The summed E-state index contributed by atoms with van der Waals surface area (Å²) < 4.78 is 5.75. The van der Waals surface area contributed by atoms with Crippen molar-refractivity contribution in [3.05, 3.63) is 47.2 Å². The highest BCUT2D eigenvalue weighted by Crippen LogP contribution is 2.22. The van der Waals surface area contributed by atoms with Crippen LogP contribution < -0.4 is 9.64 Å². The summed E-state index contributed by atoms with van der Waals surface area (Å²) in [5, 5.41) is 9.60. The second-order valence-electron chi connectivity index (χ2n) is 6.66. The number of halogens is 1. The van der Waals surface area contributed by atoms with Gasteiger partial charge in [0, 0.05) is 24.2 Å². The van der Waals surface area contributed by atoms with Crippen LogP contribution in [0, 0.1) is 0 Å². The number of hydrogen-bond donors (Lipinski definition) is 1. The highest BCUT2D eigenvalue weighted by molar-refractivity contribution is 6.30. The summed E-state index contributed by atoms with van der Waals surface area (Å²) in [7, 11) is 1.86. The van der Waals surface area contributed by atoms with E-state index in [1.165, 1.54) is 0 Å². The van der Waals surface area contributed by atoms with Crippen molar-refractivity contribution in [2.24, 2.45) is 0 Å². The Kier molecular flexibility index (Phi) is 6.47. The fourth-order valence-corrected chi connectivity index (χ4v) is 3.44. The number of nitrogens with zero attached hydrogens (tertiary/aromatic N) is 4. The number of benzene rings is 1. The molecule has 1 aromatic heterocycles. The van der Waals surface area contributed by atoms with E-state index in [9.17, 15) is 4.79 Å². The Balaban J connectivity index is 1.55. The Morgan fingerprint density at radius 3 is 2.85 bits per heavy atom. The highest BCUT2D eigenvalue weighted by Gasteiger charge is 2.24. The molecule has 8 heteroatoms. The molecule has 0 radical (unpaired) electrons.